The smallest absolute Gasteiger partial charge is 0.00722 e. The minimum Gasteiger partial charge on any atom is -0.311 e. The highest BCUT2D eigenvalue weighted by Gasteiger charge is 2.23. The Bertz CT molecular complexity index is 144. The van der Waals surface area contributed by atoms with E-state index in [0.29, 0.717) is 6.04 Å². The van der Waals surface area contributed by atoms with Crippen molar-refractivity contribution in [3.05, 3.63) is 0 Å². The molecule has 1 saturated carbocycles. The zero-order valence-corrected chi connectivity index (χ0v) is 9.64. The number of hydrogen-bond donors (Lipinski definition) is 1. The van der Waals surface area contributed by atoms with Crippen LogP contribution in [-0.4, -0.2) is 12.1 Å². The van der Waals surface area contributed by atoms with Gasteiger partial charge in [0.1, 0.15) is 0 Å². The summed E-state index contributed by atoms with van der Waals surface area (Å²) in [5, 5.41) is 3.76. The Balaban J connectivity index is 2.24. The maximum absolute atomic E-state index is 3.76. The van der Waals surface area contributed by atoms with Gasteiger partial charge in [-0.15, -0.1) is 0 Å². The standard InChI is InChI=1S/C12H25N/c1-5-10(3)11(4)13-12-7-6-9(2)8-12/h9-13H,5-8H2,1-4H3. The van der Waals surface area contributed by atoms with Gasteiger partial charge < -0.3 is 5.32 Å². The highest BCUT2D eigenvalue weighted by molar-refractivity contribution is 4.81. The van der Waals surface area contributed by atoms with Crippen molar-refractivity contribution in [2.75, 3.05) is 0 Å². The molecule has 1 nitrogen and oxygen atoms in total. The topological polar surface area (TPSA) is 12.0 Å². The van der Waals surface area contributed by atoms with Gasteiger partial charge in [0.15, 0.2) is 0 Å². The molecular weight excluding hydrogens is 158 g/mol. The Morgan fingerprint density at radius 3 is 2.46 bits per heavy atom. The van der Waals surface area contributed by atoms with Crippen molar-refractivity contribution in [2.24, 2.45) is 11.8 Å². The van der Waals surface area contributed by atoms with Gasteiger partial charge in [-0.25, -0.2) is 0 Å². The third kappa shape index (κ3) is 3.30. The van der Waals surface area contributed by atoms with Crippen LogP contribution in [-0.2, 0) is 0 Å². The van der Waals surface area contributed by atoms with Crippen molar-refractivity contribution >= 4 is 0 Å². The summed E-state index contributed by atoms with van der Waals surface area (Å²) in [6, 6.07) is 1.50. The molecule has 0 radical (unpaired) electrons. The number of hydrogen-bond acceptors (Lipinski definition) is 1. The summed E-state index contributed by atoms with van der Waals surface area (Å²) >= 11 is 0. The first-order valence-electron chi connectivity index (χ1n) is 5.89. The molecule has 0 bridgehead atoms. The third-order valence-electron chi connectivity index (χ3n) is 3.69. The molecule has 0 aromatic rings. The summed E-state index contributed by atoms with van der Waals surface area (Å²) in [6.07, 6.45) is 5.49. The van der Waals surface area contributed by atoms with E-state index in [0.717, 1.165) is 17.9 Å². The van der Waals surface area contributed by atoms with Gasteiger partial charge >= 0.3 is 0 Å². The second-order valence-corrected chi connectivity index (χ2v) is 4.96. The van der Waals surface area contributed by atoms with E-state index in [9.17, 15) is 0 Å². The molecule has 1 aliphatic carbocycles. The SMILES string of the molecule is CCC(C)C(C)NC1CCC(C)C1. The van der Waals surface area contributed by atoms with E-state index in [4.69, 9.17) is 0 Å². The molecule has 0 spiro atoms. The van der Waals surface area contributed by atoms with Crippen LogP contribution in [0.25, 0.3) is 0 Å². The molecule has 0 aromatic carbocycles. The molecular formula is C12H25N. The minimum atomic E-state index is 0.695. The molecule has 0 saturated heterocycles. The normalized spacial score (nSPS) is 33.2. The fourth-order valence-electron chi connectivity index (χ4n) is 2.25. The van der Waals surface area contributed by atoms with Crippen molar-refractivity contribution in [3.8, 4) is 0 Å². The predicted octanol–water partition coefficient (Wildman–Crippen LogP) is 3.20. The lowest BCUT2D eigenvalue weighted by Gasteiger charge is -2.24. The second-order valence-electron chi connectivity index (χ2n) is 4.96. The quantitative estimate of drug-likeness (QED) is 0.706. The van der Waals surface area contributed by atoms with Gasteiger partial charge in [0.25, 0.3) is 0 Å². The van der Waals surface area contributed by atoms with E-state index < -0.39 is 0 Å². The highest BCUT2D eigenvalue weighted by Crippen LogP contribution is 2.25. The Morgan fingerprint density at radius 2 is 2.00 bits per heavy atom. The van der Waals surface area contributed by atoms with Gasteiger partial charge in [-0.05, 0) is 38.0 Å². The molecule has 0 amide bonds. The van der Waals surface area contributed by atoms with Crippen LogP contribution >= 0.6 is 0 Å². The van der Waals surface area contributed by atoms with Gasteiger partial charge in [-0.3, -0.25) is 0 Å². The lowest BCUT2D eigenvalue weighted by atomic mass is 9.99. The summed E-state index contributed by atoms with van der Waals surface area (Å²) in [4.78, 5) is 0. The number of nitrogens with one attached hydrogen (secondary N) is 1. The van der Waals surface area contributed by atoms with E-state index in [2.05, 4.69) is 33.0 Å². The predicted molar refractivity (Wildman–Crippen MR) is 58.9 cm³/mol. The molecule has 1 aliphatic rings. The molecule has 0 aliphatic heterocycles. The van der Waals surface area contributed by atoms with Gasteiger partial charge in [-0.1, -0.05) is 27.2 Å². The first-order chi connectivity index (χ1) is 6.13. The Morgan fingerprint density at radius 1 is 1.31 bits per heavy atom. The molecule has 4 unspecified atom stereocenters. The minimum absolute atomic E-state index is 0.695. The summed E-state index contributed by atoms with van der Waals surface area (Å²) in [5.74, 6) is 1.76. The highest BCUT2D eigenvalue weighted by atomic mass is 15.0. The van der Waals surface area contributed by atoms with Crippen LogP contribution in [0.3, 0.4) is 0 Å². The molecule has 1 heteroatoms. The molecule has 13 heavy (non-hydrogen) atoms. The Kier molecular flexibility index (Phi) is 4.24. The Labute approximate surface area is 83.3 Å². The lowest BCUT2D eigenvalue weighted by molar-refractivity contribution is 0.345. The van der Waals surface area contributed by atoms with Gasteiger partial charge in [0, 0.05) is 12.1 Å². The molecule has 1 fully saturated rings. The maximum atomic E-state index is 3.76. The molecule has 78 valence electrons. The van der Waals surface area contributed by atoms with Crippen molar-refractivity contribution in [2.45, 2.75) is 65.5 Å². The van der Waals surface area contributed by atoms with Gasteiger partial charge in [0.2, 0.25) is 0 Å². The fraction of sp³-hybridized carbons (Fsp3) is 1.00. The van der Waals surface area contributed by atoms with E-state index >= 15 is 0 Å². The molecule has 0 aromatic heterocycles. The molecule has 4 atom stereocenters. The van der Waals surface area contributed by atoms with E-state index in [1.165, 1.54) is 25.7 Å². The average molecular weight is 183 g/mol. The zero-order chi connectivity index (χ0) is 9.84. The zero-order valence-electron chi connectivity index (χ0n) is 9.64. The first kappa shape index (κ1) is 11.0. The van der Waals surface area contributed by atoms with Crippen molar-refractivity contribution < 1.29 is 0 Å². The summed E-state index contributed by atoms with van der Waals surface area (Å²) < 4.78 is 0. The van der Waals surface area contributed by atoms with Gasteiger partial charge in [-0.2, -0.15) is 0 Å². The van der Waals surface area contributed by atoms with Crippen molar-refractivity contribution in [1.82, 2.24) is 5.32 Å². The summed E-state index contributed by atoms with van der Waals surface area (Å²) in [5.41, 5.74) is 0. The second kappa shape index (κ2) is 4.99. The Hall–Kier alpha value is -0.0400. The van der Waals surface area contributed by atoms with E-state index in [-0.39, 0.29) is 0 Å². The van der Waals surface area contributed by atoms with Crippen LogP contribution < -0.4 is 5.32 Å². The maximum Gasteiger partial charge on any atom is 0.00722 e. The first-order valence-corrected chi connectivity index (χ1v) is 5.89. The van der Waals surface area contributed by atoms with Crippen LogP contribution in [0.1, 0.15) is 53.4 Å². The van der Waals surface area contributed by atoms with Crippen LogP contribution in [0.4, 0.5) is 0 Å². The van der Waals surface area contributed by atoms with Crippen LogP contribution in [0.2, 0.25) is 0 Å². The lowest BCUT2D eigenvalue weighted by Crippen LogP contribution is -2.38. The van der Waals surface area contributed by atoms with Crippen LogP contribution in [0, 0.1) is 11.8 Å². The fourth-order valence-corrected chi connectivity index (χ4v) is 2.25. The van der Waals surface area contributed by atoms with Crippen molar-refractivity contribution in [3.63, 3.8) is 0 Å². The number of rotatable bonds is 4. The average Bonchev–Trinajstić information content (AvgIpc) is 2.49. The monoisotopic (exact) mass is 183 g/mol. The molecule has 0 heterocycles. The summed E-state index contributed by atoms with van der Waals surface area (Å²) in [7, 11) is 0. The molecule has 1 rings (SSSR count). The van der Waals surface area contributed by atoms with E-state index in [1.807, 2.05) is 0 Å². The molecule has 1 N–H and O–H groups in total. The van der Waals surface area contributed by atoms with Gasteiger partial charge in [0.05, 0.1) is 0 Å². The van der Waals surface area contributed by atoms with E-state index in [1.54, 1.807) is 0 Å². The third-order valence-corrected chi connectivity index (χ3v) is 3.69. The summed E-state index contributed by atoms with van der Waals surface area (Å²) in [6.45, 7) is 9.32. The van der Waals surface area contributed by atoms with Crippen LogP contribution in [0.15, 0.2) is 0 Å². The largest absolute Gasteiger partial charge is 0.311 e. The van der Waals surface area contributed by atoms with Crippen molar-refractivity contribution in [1.29, 1.82) is 0 Å². The van der Waals surface area contributed by atoms with Crippen LogP contribution in [0.5, 0.6) is 0 Å².